The molecule has 4 nitrogen and oxygen atoms in total. The Bertz CT molecular complexity index is 557. The molecule has 4 heteroatoms. The number of likely N-dealkylation sites (tertiary alicyclic amines) is 1. The summed E-state index contributed by atoms with van der Waals surface area (Å²) in [6.45, 7) is 3.14. The van der Waals surface area contributed by atoms with Gasteiger partial charge in [-0.3, -0.25) is 4.79 Å². The van der Waals surface area contributed by atoms with Gasteiger partial charge in [0.2, 0.25) is 0 Å². The van der Waals surface area contributed by atoms with Crippen LogP contribution < -0.4 is 0 Å². The SMILES string of the molecule is Cc1ccc(C#CCO)cc1C(=O)N1CCC(CO)C1. The van der Waals surface area contributed by atoms with Gasteiger partial charge in [0.05, 0.1) is 0 Å². The van der Waals surface area contributed by atoms with Crippen LogP contribution >= 0.6 is 0 Å². The van der Waals surface area contributed by atoms with Crippen LogP contribution in [-0.2, 0) is 0 Å². The van der Waals surface area contributed by atoms with Gasteiger partial charge in [0.25, 0.3) is 5.91 Å². The molecular formula is C16H19NO3. The normalized spacial score (nSPS) is 17.8. The van der Waals surface area contributed by atoms with Crippen LogP contribution in [0.5, 0.6) is 0 Å². The van der Waals surface area contributed by atoms with Gasteiger partial charge >= 0.3 is 0 Å². The average molecular weight is 273 g/mol. The second kappa shape index (κ2) is 6.56. The Morgan fingerprint density at radius 3 is 2.90 bits per heavy atom. The number of aliphatic hydroxyl groups excluding tert-OH is 2. The number of aryl methyl sites for hydroxylation is 1. The lowest BCUT2D eigenvalue weighted by Crippen LogP contribution is -2.29. The van der Waals surface area contributed by atoms with Crippen LogP contribution in [0.3, 0.4) is 0 Å². The Morgan fingerprint density at radius 1 is 1.45 bits per heavy atom. The third-order valence-corrected chi connectivity index (χ3v) is 3.61. The highest BCUT2D eigenvalue weighted by Crippen LogP contribution is 2.20. The van der Waals surface area contributed by atoms with E-state index in [9.17, 15) is 4.79 Å². The average Bonchev–Trinajstić information content (AvgIpc) is 2.94. The second-order valence-corrected chi connectivity index (χ2v) is 5.08. The summed E-state index contributed by atoms with van der Waals surface area (Å²) in [5.74, 6) is 5.58. The highest BCUT2D eigenvalue weighted by atomic mass is 16.3. The first-order valence-corrected chi connectivity index (χ1v) is 6.76. The van der Waals surface area contributed by atoms with E-state index < -0.39 is 0 Å². The smallest absolute Gasteiger partial charge is 0.254 e. The molecule has 1 heterocycles. The lowest BCUT2D eigenvalue weighted by Gasteiger charge is -2.17. The van der Waals surface area contributed by atoms with E-state index >= 15 is 0 Å². The molecule has 0 aromatic heterocycles. The van der Waals surface area contributed by atoms with Crippen molar-refractivity contribution < 1.29 is 15.0 Å². The first-order chi connectivity index (χ1) is 9.65. The summed E-state index contributed by atoms with van der Waals surface area (Å²) in [5, 5.41) is 17.9. The molecule has 1 aromatic carbocycles. The minimum atomic E-state index is -0.193. The molecule has 1 aromatic rings. The van der Waals surface area contributed by atoms with Crippen molar-refractivity contribution in [3.05, 3.63) is 34.9 Å². The van der Waals surface area contributed by atoms with Crippen LogP contribution in [0.25, 0.3) is 0 Å². The van der Waals surface area contributed by atoms with E-state index in [0.29, 0.717) is 18.7 Å². The molecule has 1 aliphatic rings. The zero-order valence-corrected chi connectivity index (χ0v) is 11.6. The van der Waals surface area contributed by atoms with Crippen molar-refractivity contribution in [1.29, 1.82) is 0 Å². The number of nitrogens with zero attached hydrogens (tertiary/aromatic N) is 1. The van der Waals surface area contributed by atoms with Crippen LogP contribution in [-0.4, -0.2) is 47.3 Å². The van der Waals surface area contributed by atoms with E-state index in [1.807, 2.05) is 19.1 Å². The molecule has 1 amide bonds. The van der Waals surface area contributed by atoms with E-state index in [2.05, 4.69) is 11.8 Å². The van der Waals surface area contributed by atoms with E-state index in [-0.39, 0.29) is 25.0 Å². The number of hydrogen-bond donors (Lipinski definition) is 2. The number of rotatable bonds is 2. The molecule has 2 N–H and O–H groups in total. The molecule has 2 rings (SSSR count). The van der Waals surface area contributed by atoms with Crippen molar-refractivity contribution in [2.45, 2.75) is 13.3 Å². The van der Waals surface area contributed by atoms with Crippen LogP contribution in [0.4, 0.5) is 0 Å². The zero-order valence-electron chi connectivity index (χ0n) is 11.6. The van der Waals surface area contributed by atoms with Crippen LogP contribution in [0.15, 0.2) is 18.2 Å². The van der Waals surface area contributed by atoms with Crippen molar-refractivity contribution in [2.24, 2.45) is 5.92 Å². The third-order valence-electron chi connectivity index (χ3n) is 3.61. The van der Waals surface area contributed by atoms with Crippen LogP contribution in [0.2, 0.25) is 0 Å². The van der Waals surface area contributed by atoms with E-state index in [1.54, 1.807) is 11.0 Å². The molecule has 1 aliphatic heterocycles. The lowest BCUT2D eigenvalue weighted by molar-refractivity contribution is 0.0781. The quantitative estimate of drug-likeness (QED) is 0.783. The van der Waals surface area contributed by atoms with Gasteiger partial charge in [0, 0.05) is 36.7 Å². The van der Waals surface area contributed by atoms with E-state index in [4.69, 9.17) is 10.2 Å². The highest BCUT2D eigenvalue weighted by Gasteiger charge is 2.27. The maximum atomic E-state index is 12.5. The monoisotopic (exact) mass is 273 g/mol. The van der Waals surface area contributed by atoms with E-state index in [0.717, 1.165) is 17.5 Å². The number of benzene rings is 1. The van der Waals surface area contributed by atoms with Gasteiger partial charge in [-0.15, -0.1) is 0 Å². The Balaban J connectivity index is 2.21. The summed E-state index contributed by atoms with van der Waals surface area (Å²) in [5.41, 5.74) is 2.29. The topological polar surface area (TPSA) is 60.8 Å². The summed E-state index contributed by atoms with van der Waals surface area (Å²) in [4.78, 5) is 14.3. The van der Waals surface area contributed by atoms with Gasteiger partial charge in [0.1, 0.15) is 6.61 Å². The number of hydrogen-bond acceptors (Lipinski definition) is 3. The zero-order chi connectivity index (χ0) is 14.5. The molecule has 1 fully saturated rings. The van der Waals surface area contributed by atoms with Gasteiger partial charge in [-0.25, -0.2) is 0 Å². The predicted octanol–water partition coefficient (Wildman–Crippen LogP) is 0.793. The summed E-state index contributed by atoms with van der Waals surface area (Å²) in [6, 6.07) is 5.48. The molecule has 20 heavy (non-hydrogen) atoms. The largest absolute Gasteiger partial charge is 0.396 e. The fourth-order valence-electron chi connectivity index (χ4n) is 2.41. The molecule has 0 saturated carbocycles. The van der Waals surface area contributed by atoms with Gasteiger partial charge in [0.15, 0.2) is 0 Å². The molecule has 0 radical (unpaired) electrons. The summed E-state index contributed by atoms with van der Waals surface area (Å²) >= 11 is 0. The van der Waals surface area contributed by atoms with Gasteiger partial charge < -0.3 is 15.1 Å². The number of amides is 1. The lowest BCUT2D eigenvalue weighted by atomic mass is 10.0. The van der Waals surface area contributed by atoms with Crippen molar-refractivity contribution in [3.8, 4) is 11.8 Å². The maximum Gasteiger partial charge on any atom is 0.254 e. The molecule has 1 atom stereocenters. The van der Waals surface area contributed by atoms with Crippen molar-refractivity contribution in [3.63, 3.8) is 0 Å². The number of aliphatic hydroxyl groups is 2. The summed E-state index contributed by atoms with van der Waals surface area (Å²) in [6.07, 6.45) is 0.852. The number of carbonyl (C=O) groups excluding carboxylic acids is 1. The first-order valence-electron chi connectivity index (χ1n) is 6.76. The maximum absolute atomic E-state index is 12.5. The minimum absolute atomic E-state index is 0.00824. The molecule has 0 aliphatic carbocycles. The standard InChI is InChI=1S/C16H19NO3/c1-12-4-5-13(3-2-8-18)9-15(12)16(20)17-7-6-14(10-17)11-19/h4-5,9,14,18-19H,6-8,10-11H2,1H3. The molecular weight excluding hydrogens is 254 g/mol. The number of carbonyl (C=O) groups is 1. The van der Waals surface area contributed by atoms with E-state index in [1.165, 1.54) is 0 Å². The van der Waals surface area contributed by atoms with Crippen molar-refractivity contribution >= 4 is 5.91 Å². The fraction of sp³-hybridized carbons (Fsp3) is 0.438. The molecule has 106 valence electrons. The second-order valence-electron chi connectivity index (χ2n) is 5.08. The first kappa shape index (κ1) is 14.6. The van der Waals surface area contributed by atoms with Crippen LogP contribution in [0.1, 0.15) is 27.9 Å². The molecule has 0 bridgehead atoms. The molecule has 1 saturated heterocycles. The summed E-state index contributed by atoms with van der Waals surface area (Å²) in [7, 11) is 0. The Morgan fingerprint density at radius 2 is 2.25 bits per heavy atom. The Hall–Kier alpha value is -1.83. The molecule has 0 spiro atoms. The third kappa shape index (κ3) is 3.19. The highest BCUT2D eigenvalue weighted by molar-refractivity contribution is 5.96. The van der Waals surface area contributed by atoms with Gasteiger partial charge in [-0.2, -0.15) is 0 Å². The minimum Gasteiger partial charge on any atom is -0.396 e. The van der Waals surface area contributed by atoms with Crippen molar-refractivity contribution in [1.82, 2.24) is 4.90 Å². The Kier molecular flexibility index (Phi) is 4.78. The van der Waals surface area contributed by atoms with Crippen molar-refractivity contribution in [2.75, 3.05) is 26.3 Å². The fourth-order valence-corrected chi connectivity index (χ4v) is 2.41. The molecule has 1 unspecified atom stereocenters. The van der Waals surface area contributed by atoms with Gasteiger partial charge in [-0.05, 0) is 31.0 Å². The van der Waals surface area contributed by atoms with Crippen LogP contribution in [0, 0.1) is 24.7 Å². The Labute approximate surface area is 119 Å². The predicted molar refractivity (Wildman–Crippen MR) is 76.2 cm³/mol. The summed E-state index contributed by atoms with van der Waals surface area (Å²) < 4.78 is 0. The van der Waals surface area contributed by atoms with Gasteiger partial charge in [-0.1, -0.05) is 17.9 Å².